The summed E-state index contributed by atoms with van der Waals surface area (Å²) in [7, 11) is 1.59. The number of amides is 1. The van der Waals surface area contributed by atoms with Crippen molar-refractivity contribution in [3.8, 4) is 23.2 Å². The highest BCUT2D eigenvalue weighted by Gasteiger charge is 2.25. The summed E-state index contributed by atoms with van der Waals surface area (Å²) in [6.45, 7) is 1.19. The smallest absolute Gasteiger partial charge is 0.290 e. The second-order valence-electron chi connectivity index (χ2n) is 5.31. The summed E-state index contributed by atoms with van der Waals surface area (Å²) in [5, 5.41) is 15.6. The normalized spacial score (nSPS) is 16.9. The SMILES string of the molecule is COc1cccc(-c2cc(C(=O)NC3CCN(C#N)C3)on2)c1. The third kappa shape index (κ3) is 3.26. The Kier molecular flexibility index (Phi) is 4.15. The second-order valence-corrected chi connectivity index (χ2v) is 5.31. The summed E-state index contributed by atoms with van der Waals surface area (Å²) < 4.78 is 10.3. The molecular weight excluding hydrogens is 296 g/mol. The van der Waals surface area contributed by atoms with E-state index in [1.807, 2.05) is 24.3 Å². The Morgan fingerprint density at radius 3 is 3.13 bits per heavy atom. The van der Waals surface area contributed by atoms with Gasteiger partial charge in [0.05, 0.1) is 7.11 Å². The molecule has 23 heavy (non-hydrogen) atoms. The van der Waals surface area contributed by atoms with Gasteiger partial charge in [0.25, 0.3) is 5.91 Å². The average Bonchev–Trinajstić information content (AvgIpc) is 3.24. The zero-order valence-corrected chi connectivity index (χ0v) is 12.7. The number of likely N-dealkylation sites (tertiary alicyclic amines) is 1. The van der Waals surface area contributed by atoms with Crippen molar-refractivity contribution >= 4 is 5.91 Å². The van der Waals surface area contributed by atoms with E-state index in [-0.39, 0.29) is 17.7 Å². The molecule has 0 bridgehead atoms. The lowest BCUT2D eigenvalue weighted by atomic mass is 10.1. The van der Waals surface area contributed by atoms with Gasteiger partial charge in [0.2, 0.25) is 5.76 Å². The Balaban J connectivity index is 1.69. The topological polar surface area (TPSA) is 91.4 Å². The Morgan fingerprint density at radius 2 is 2.39 bits per heavy atom. The molecule has 1 aliphatic rings. The number of methoxy groups -OCH3 is 1. The highest BCUT2D eigenvalue weighted by Crippen LogP contribution is 2.23. The lowest BCUT2D eigenvalue weighted by Gasteiger charge is -2.10. The number of ether oxygens (including phenoxy) is 1. The van der Waals surface area contributed by atoms with E-state index < -0.39 is 0 Å². The molecule has 3 rings (SSSR count). The van der Waals surface area contributed by atoms with Crippen molar-refractivity contribution in [2.45, 2.75) is 12.5 Å². The molecule has 0 radical (unpaired) electrons. The summed E-state index contributed by atoms with van der Waals surface area (Å²) in [4.78, 5) is 13.8. The molecule has 118 valence electrons. The third-order valence-electron chi connectivity index (χ3n) is 3.76. The van der Waals surface area contributed by atoms with Crippen molar-refractivity contribution in [1.82, 2.24) is 15.4 Å². The lowest BCUT2D eigenvalue weighted by Crippen LogP contribution is -2.36. The Morgan fingerprint density at radius 1 is 1.52 bits per heavy atom. The van der Waals surface area contributed by atoms with E-state index in [9.17, 15) is 4.79 Å². The molecule has 2 heterocycles. The number of hydrogen-bond donors (Lipinski definition) is 1. The van der Waals surface area contributed by atoms with Gasteiger partial charge in [-0.15, -0.1) is 0 Å². The molecule has 1 unspecified atom stereocenters. The van der Waals surface area contributed by atoms with Crippen LogP contribution in [0.1, 0.15) is 17.0 Å². The van der Waals surface area contributed by atoms with Crippen LogP contribution >= 0.6 is 0 Å². The molecule has 1 aromatic heterocycles. The van der Waals surface area contributed by atoms with Crippen molar-refractivity contribution in [3.05, 3.63) is 36.1 Å². The molecule has 7 nitrogen and oxygen atoms in total. The number of nitrogens with one attached hydrogen (secondary N) is 1. The van der Waals surface area contributed by atoms with Crippen molar-refractivity contribution in [1.29, 1.82) is 5.26 Å². The van der Waals surface area contributed by atoms with Crippen LogP contribution in [0.4, 0.5) is 0 Å². The van der Waals surface area contributed by atoms with E-state index in [1.165, 1.54) is 0 Å². The van der Waals surface area contributed by atoms with Crippen LogP contribution in [0.15, 0.2) is 34.9 Å². The van der Waals surface area contributed by atoms with Crippen LogP contribution < -0.4 is 10.1 Å². The van der Waals surface area contributed by atoms with E-state index in [0.29, 0.717) is 24.5 Å². The summed E-state index contributed by atoms with van der Waals surface area (Å²) in [5.41, 5.74) is 1.38. The molecule has 0 aliphatic carbocycles. The van der Waals surface area contributed by atoms with Gasteiger partial charge in [-0.2, -0.15) is 5.26 Å². The Hall–Kier alpha value is -3.01. The number of rotatable bonds is 4. The number of nitriles is 1. The molecule has 1 fully saturated rings. The fraction of sp³-hybridized carbons (Fsp3) is 0.312. The first-order valence-electron chi connectivity index (χ1n) is 7.26. The van der Waals surface area contributed by atoms with E-state index in [0.717, 1.165) is 12.0 Å². The predicted octanol–water partition coefficient (Wildman–Crippen LogP) is 1.64. The summed E-state index contributed by atoms with van der Waals surface area (Å²) in [6.07, 6.45) is 2.82. The van der Waals surface area contributed by atoms with Gasteiger partial charge >= 0.3 is 0 Å². The quantitative estimate of drug-likeness (QED) is 0.863. The van der Waals surface area contributed by atoms with Gasteiger partial charge in [0.15, 0.2) is 6.19 Å². The molecule has 1 atom stereocenters. The van der Waals surface area contributed by atoms with Gasteiger partial charge in [0.1, 0.15) is 11.4 Å². The average molecular weight is 312 g/mol. The van der Waals surface area contributed by atoms with Crippen molar-refractivity contribution in [2.24, 2.45) is 0 Å². The van der Waals surface area contributed by atoms with Crippen LogP contribution in [-0.4, -0.2) is 42.2 Å². The minimum Gasteiger partial charge on any atom is -0.497 e. The van der Waals surface area contributed by atoms with Gasteiger partial charge in [-0.25, -0.2) is 0 Å². The number of nitrogens with zero attached hydrogens (tertiary/aromatic N) is 3. The maximum Gasteiger partial charge on any atom is 0.290 e. The summed E-state index contributed by atoms with van der Waals surface area (Å²) in [6, 6.07) is 8.91. The van der Waals surface area contributed by atoms with Gasteiger partial charge < -0.3 is 19.5 Å². The van der Waals surface area contributed by atoms with Gasteiger partial charge in [0, 0.05) is 30.8 Å². The monoisotopic (exact) mass is 312 g/mol. The zero-order chi connectivity index (χ0) is 16.2. The first-order chi connectivity index (χ1) is 11.2. The molecule has 1 amide bonds. The molecule has 1 aliphatic heterocycles. The third-order valence-corrected chi connectivity index (χ3v) is 3.76. The zero-order valence-electron chi connectivity index (χ0n) is 12.7. The maximum absolute atomic E-state index is 12.2. The Labute approximate surface area is 133 Å². The van der Waals surface area contributed by atoms with Gasteiger partial charge in [-0.3, -0.25) is 4.79 Å². The van der Waals surface area contributed by atoms with E-state index in [2.05, 4.69) is 16.7 Å². The van der Waals surface area contributed by atoms with Crippen LogP contribution in [0.5, 0.6) is 5.75 Å². The first kappa shape index (κ1) is 14.9. The summed E-state index contributed by atoms with van der Waals surface area (Å²) in [5.74, 6) is 0.536. The molecule has 1 aromatic carbocycles. The Bertz CT molecular complexity index is 750. The molecule has 0 spiro atoms. The van der Waals surface area contributed by atoms with E-state index in [1.54, 1.807) is 18.1 Å². The van der Waals surface area contributed by atoms with Crippen LogP contribution in [0.3, 0.4) is 0 Å². The van der Waals surface area contributed by atoms with Gasteiger partial charge in [-0.1, -0.05) is 17.3 Å². The minimum atomic E-state index is -0.323. The molecule has 7 heteroatoms. The molecular formula is C16H16N4O3. The predicted molar refractivity (Wildman–Crippen MR) is 81.5 cm³/mol. The number of hydrogen-bond acceptors (Lipinski definition) is 6. The van der Waals surface area contributed by atoms with Crippen LogP contribution in [0.2, 0.25) is 0 Å². The van der Waals surface area contributed by atoms with Crippen LogP contribution in [-0.2, 0) is 0 Å². The van der Waals surface area contributed by atoms with Crippen molar-refractivity contribution in [2.75, 3.05) is 20.2 Å². The van der Waals surface area contributed by atoms with E-state index in [4.69, 9.17) is 14.5 Å². The maximum atomic E-state index is 12.2. The fourth-order valence-corrected chi connectivity index (χ4v) is 2.53. The number of aromatic nitrogens is 1. The molecule has 2 aromatic rings. The minimum absolute atomic E-state index is 0.0486. The van der Waals surface area contributed by atoms with Crippen LogP contribution in [0, 0.1) is 11.5 Å². The number of benzene rings is 1. The fourth-order valence-electron chi connectivity index (χ4n) is 2.53. The number of carbonyl (C=O) groups is 1. The molecule has 0 saturated carbocycles. The first-order valence-corrected chi connectivity index (χ1v) is 7.26. The second kappa shape index (κ2) is 6.40. The molecule has 1 N–H and O–H groups in total. The highest BCUT2D eigenvalue weighted by molar-refractivity contribution is 5.92. The molecule has 1 saturated heterocycles. The van der Waals surface area contributed by atoms with Crippen LogP contribution in [0.25, 0.3) is 11.3 Å². The van der Waals surface area contributed by atoms with Crippen molar-refractivity contribution < 1.29 is 14.1 Å². The standard InChI is InChI=1S/C16H16N4O3/c1-22-13-4-2-3-11(7-13)14-8-15(23-19-14)16(21)18-12-5-6-20(9-12)10-17/h2-4,7-8,12H,5-6,9H2,1H3,(H,18,21). The number of carbonyl (C=O) groups excluding carboxylic acids is 1. The largest absolute Gasteiger partial charge is 0.497 e. The highest BCUT2D eigenvalue weighted by atomic mass is 16.5. The van der Waals surface area contributed by atoms with Crippen molar-refractivity contribution in [3.63, 3.8) is 0 Å². The lowest BCUT2D eigenvalue weighted by molar-refractivity contribution is 0.0901. The van der Waals surface area contributed by atoms with Gasteiger partial charge in [-0.05, 0) is 18.6 Å². The van der Waals surface area contributed by atoms with E-state index >= 15 is 0 Å². The summed E-state index contributed by atoms with van der Waals surface area (Å²) >= 11 is 0.